The number of unbranched alkanes of at least 4 members (excludes halogenated alkanes) is 1. The third-order valence-corrected chi connectivity index (χ3v) is 9.29. The van der Waals surface area contributed by atoms with Crippen molar-refractivity contribution in [1.29, 1.82) is 0 Å². The molecule has 2 unspecified atom stereocenters. The second-order valence-corrected chi connectivity index (χ2v) is 13.3. The molecule has 0 fully saturated rings. The molecule has 0 aliphatic rings. The van der Waals surface area contributed by atoms with Gasteiger partial charge in [-0.1, -0.05) is 37.1 Å². The van der Waals surface area contributed by atoms with Crippen LogP contribution in [0.3, 0.4) is 0 Å². The van der Waals surface area contributed by atoms with E-state index in [1.807, 2.05) is 98.8 Å². The predicted molar refractivity (Wildman–Crippen MR) is 173 cm³/mol. The summed E-state index contributed by atoms with van der Waals surface area (Å²) in [6, 6.07) is 34.6. The Bertz CT molecular complexity index is 1030. The molecule has 43 heavy (non-hydrogen) atoms. The maximum absolute atomic E-state index is 9.64. The average molecular weight is 779 g/mol. The third kappa shape index (κ3) is 16.8. The summed E-state index contributed by atoms with van der Waals surface area (Å²) < 4.78 is 11.5. The smallest absolute Gasteiger partial charge is 0.334 e. The molecular formula is C35H46IrN2O4Si-2. The first-order chi connectivity index (χ1) is 20.4. The molecule has 8 heteroatoms. The van der Waals surface area contributed by atoms with Crippen LogP contribution in [0.25, 0.3) is 22.5 Å². The summed E-state index contributed by atoms with van der Waals surface area (Å²) in [5.74, 6) is 0. The molecule has 4 rings (SSSR count). The summed E-state index contributed by atoms with van der Waals surface area (Å²) in [5.41, 5.74) is 4.02. The van der Waals surface area contributed by atoms with Crippen molar-refractivity contribution < 1.29 is 39.2 Å². The standard InChI is InChI=1S/C13H30O4Si.2C11H8N.Ir/c1-5-16-18(4,17-6-2)10-8-7-9-13(15)11-12(3)14;2*1-2-6-10(7-3-1)11-8-4-5-9-12-11;/h12-15H,5-11H2,1-4H3;2*1-6,8-9H;/q;2*-1;. The van der Waals surface area contributed by atoms with Crippen LogP contribution in [0.4, 0.5) is 0 Å². The fourth-order valence-electron chi connectivity index (χ4n) is 4.28. The van der Waals surface area contributed by atoms with Gasteiger partial charge in [0.25, 0.3) is 0 Å². The molecule has 0 saturated carbocycles. The van der Waals surface area contributed by atoms with Gasteiger partial charge in [0.1, 0.15) is 0 Å². The maximum Gasteiger partial charge on any atom is 0.334 e. The molecule has 235 valence electrons. The summed E-state index contributed by atoms with van der Waals surface area (Å²) in [5, 5.41) is 18.8. The fraction of sp³-hybridized carbons (Fsp3) is 0.371. The molecular weight excluding hydrogens is 733 g/mol. The van der Waals surface area contributed by atoms with Crippen molar-refractivity contribution in [2.24, 2.45) is 0 Å². The van der Waals surface area contributed by atoms with Crippen molar-refractivity contribution in [3.8, 4) is 22.5 Å². The number of rotatable bonds is 13. The summed E-state index contributed by atoms with van der Waals surface area (Å²) in [6.45, 7) is 9.21. The maximum atomic E-state index is 9.64. The van der Waals surface area contributed by atoms with Crippen LogP contribution in [0, 0.1) is 12.1 Å². The monoisotopic (exact) mass is 779 g/mol. The molecule has 0 bridgehead atoms. The van der Waals surface area contributed by atoms with Crippen molar-refractivity contribution in [3.05, 3.63) is 109 Å². The Labute approximate surface area is 273 Å². The number of aliphatic hydroxyl groups is 2. The van der Waals surface area contributed by atoms with E-state index in [-0.39, 0.29) is 20.1 Å². The second kappa shape index (κ2) is 22.9. The number of aliphatic hydroxyl groups excluding tert-OH is 2. The summed E-state index contributed by atoms with van der Waals surface area (Å²) in [7, 11) is -1.98. The molecule has 0 amide bonds. The van der Waals surface area contributed by atoms with Crippen molar-refractivity contribution in [2.45, 2.75) is 71.3 Å². The molecule has 0 spiro atoms. The van der Waals surface area contributed by atoms with Crippen LogP contribution in [0.2, 0.25) is 12.6 Å². The van der Waals surface area contributed by atoms with Crippen LogP contribution in [0.15, 0.2) is 97.3 Å². The zero-order chi connectivity index (χ0) is 30.5. The van der Waals surface area contributed by atoms with E-state index in [2.05, 4.69) is 28.6 Å². The molecule has 2 aromatic carbocycles. The topological polar surface area (TPSA) is 84.7 Å². The van der Waals surface area contributed by atoms with Gasteiger partial charge in [0.2, 0.25) is 0 Å². The zero-order valence-corrected chi connectivity index (χ0v) is 29.2. The normalized spacial score (nSPS) is 12.0. The summed E-state index contributed by atoms with van der Waals surface area (Å²) in [4.78, 5) is 8.44. The van der Waals surface area contributed by atoms with E-state index < -0.39 is 20.8 Å². The van der Waals surface area contributed by atoms with Crippen molar-refractivity contribution in [2.75, 3.05) is 13.2 Å². The Morgan fingerprint density at radius 2 is 1.23 bits per heavy atom. The molecule has 4 aromatic rings. The van der Waals surface area contributed by atoms with Gasteiger partial charge >= 0.3 is 8.56 Å². The molecule has 0 aliphatic heterocycles. The molecule has 0 aliphatic carbocycles. The summed E-state index contributed by atoms with van der Waals surface area (Å²) in [6.07, 6.45) is 5.94. The number of hydrogen-bond donors (Lipinski definition) is 2. The van der Waals surface area contributed by atoms with Gasteiger partial charge < -0.3 is 29.0 Å². The Balaban J connectivity index is 0.000000327. The minimum atomic E-state index is -1.98. The van der Waals surface area contributed by atoms with Crippen LogP contribution >= 0.6 is 0 Å². The van der Waals surface area contributed by atoms with Gasteiger partial charge in [-0.2, -0.15) is 0 Å². The van der Waals surface area contributed by atoms with E-state index in [0.717, 1.165) is 47.8 Å². The minimum Gasteiger partial charge on any atom is -0.395 e. The molecule has 2 N–H and O–H groups in total. The minimum absolute atomic E-state index is 0. The van der Waals surface area contributed by atoms with E-state index in [0.29, 0.717) is 19.6 Å². The van der Waals surface area contributed by atoms with Crippen LogP contribution < -0.4 is 0 Å². The molecule has 2 atom stereocenters. The first-order valence-electron chi connectivity index (χ1n) is 14.8. The van der Waals surface area contributed by atoms with Gasteiger partial charge in [-0.05, 0) is 69.7 Å². The van der Waals surface area contributed by atoms with E-state index in [1.54, 1.807) is 19.3 Å². The molecule has 1 radical (unpaired) electrons. The SMILES string of the molecule is CCO[Si](C)(CCCCC(O)CC(C)O)OCC.[Ir].[c-]1ccccc1-c1ccccn1.[c-]1ccccc1-c1ccccn1. The van der Waals surface area contributed by atoms with Gasteiger partial charge in [-0.25, -0.2) is 0 Å². The Morgan fingerprint density at radius 1 is 0.744 bits per heavy atom. The van der Waals surface area contributed by atoms with Gasteiger partial charge in [0.15, 0.2) is 0 Å². The van der Waals surface area contributed by atoms with Gasteiger partial charge in [0, 0.05) is 45.7 Å². The number of hydrogen-bond acceptors (Lipinski definition) is 6. The first kappa shape index (κ1) is 38.5. The van der Waals surface area contributed by atoms with Crippen LogP contribution in [0.5, 0.6) is 0 Å². The van der Waals surface area contributed by atoms with Crippen LogP contribution in [-0.2, 0) is 29.0 Å². The van der Waals surface area contributed by atoms with Crippen LogP contribution in [0.1, 0.15) is 46.5 Å². The van der Waals surface area contributed by atoms with Gasteiger partial charge in [-0.3, -0.25) is 0 Å². The zero-order valence-electron chi connectivity index (χ0n) is 25.8. The largest absolute Gasteiger partial charge is 0.395 e. The van der Waals surface area contributed by atoms with E-state index >= 15 is 0 Å². The number of pyridine rings is 2. The second-order valence-electron chi connectivity index (χ2n) is 9.97. The van der Waals surface area contributed by atoms with E-state index in [9.17, 15) is 5.11 Å². The quantitative estimate of drug-likeness (QED) is 0.0830. The number of benzene rings is 2. The molecule has 2 heterocycles. The molecule has 0 saturated heterocycles. The van der Waals surface area contributed by atoms with Crippen LogP contribution in [-0.4, -0.2) is 54.2 Å². The fourth-order valence-corrected chi connectivity index (χ4v) is 6.77. The van der Waals surface area contributed by atoms with Crippen molar-refractivity contribution in [3.63, 3.8) is 0 Å². The Kier molecular flexibility index (Phi) is 20.5. The predicted octanol–water partition coefficient (Wildman–Crippen LogP) is 7.53. The average Bonchev–Trinajstić information content (AvgIpc) is 3.02. The third-order valence-electron chi connectivity index (χ3n) is 6.23. The van der Waals surface area contributed by atoms with Crippen molar-refractivity contribution in [1.82, 2.24) is 9.97 Å². The molecule has 2 aromatic heterocycles. The van der Waals surface area contributed by atoms with E-state index in [4.69, 9.17) is 14.0 Å². The van der Waals surface area contributed by atoms with E-state index in [1.165, 1.54) is 0 Å². The number of nitrogens with zero attached hydrogens (tertiary/aromatic N) is 2. The Morgan fingerprint density at radius 3 is 1.60 bits per heavy atom. The Hall–Kier alpha value is -2.55. The first-order valence-corrected chi connectivity index (χ1v) is 17.3. The summed E-state index contributed by atoms with van der Waals surface area (Å²) >= 11 is 0. The van der Waals surface area contributed by atoms with Gasteiger partial charge in [-0.15, -0.1) is 71.8 Å². The molecule has 6 nitrogen and oxygen atoms in total. The van der Waals surface area contributed by atoms with Gasteiger partial charge in [0.05, 0.1) is 12.2 Å². The van der Waals surface area contributed by atoms with Crippen molar-refractivity contribution >= 4 is 8.56 Å². The number of aromatic nitrogens is 2.